The number of aldehydes is 1. The molecule has 0 radical (unpaired) electrons. The second-order valence-corrected chi connectivity index (χ2v) is 8.43. The molecule has 1 saturated carbocycles. The molecule has 7 heteroatoms. The number of rotatable bonds is 8. The zero-order valence-corrected chi connectivity index (χ0v) is 17.4. The van der Waals surface area contributed by atoms with Crippen molar-refractivity contribution >= 4 is 12.4 Å². The third kappa shape index (κ3) is 7.21. The maximum Gasteiger partial charge on any atom is 0.425 e. The van der Waals surface area contributed by atoms with E-state index < -0.39 is 11.7 Å². The second-order valence-electron chi connectivity index (χ2n) is 8.43. The number of amides is 1. The Bertz CT molecular complexity index is 451. The Hall–Kier alpha value is -1.18. The van der Waals surface area contributed by atoms with E-state index in [1.807, 2.05) is 20.8 Å². The van der Waals surface area contributed by atoms with Crippen LogP contribution >= 0.6 is 0 Å². The Labute approximate surface area is 158 Å². The third-order valence-corrected chi connectivity index (χ3v) is 4.92. The maximum absolute atomic E-state index is 12.4. The fourth-order valence-electron chi connectivity index (χ4n) is 3.37. The highest BCUT2D eigenvalue weighted by Crippen LogP contribution is 2.29. The van der Waals surface area contributed by atoms with Gasteiger partial charge in [0.15, 0.2) is 0 Å². The zero-order valence-electron chi connectivity index (χ0n) is 17.4. The number of carbonyl (C=O) groups is 2. The van der Waals surface area contributed by atoms with Gasteiger partial charge in [0.05, 0.1) is 13.2 Å². The topological polar surface area (TPSA) is 71.1 Å². The first kappa shape index (κ1) is 22.9. The van der Waals surface area contributed by atoms with Crippen molar-refractivity contribution < 1.29 is 19.1 Å². The number of ether oxygens (including phenoxy) is 2. The van der Waals surface area contributed by atoms with E-state index >= 15 is 0 Å². The first-order valence-electron chi connectivity index (χ1n) is 9.50. The molecule has 0 aromatic carbocycles. The summed E-state index contributed by atoms with van der Waals surface area (Å²) in [7, 11) is 3.86. The van der Waals surface area contributed by atoms with Gasteiger partial charge in [0.25, 0.3) is 0 Å². The molecule has 1 aliphatic rings. The lowest BCUT2D eigenvalue weighted by Gasteiger charge is -2.42. The first-order chi connectivity index (χ1) is 12.1. The van der Waals surface area contributed by atoms with Crippen molar-refractivity contribution in [3.05, 3.63) is 0 Å². The number of hydrogen-bond donors (Lipinski definition) is 1. The van der Waals surface area contributed by atoms with Crippen molar-refractivity contribution in [2.24, 2.45) is 5.92 Å². The Morgan fingerprint density at radius 3 is 2.46 bits per heavy atom. The SMILES string of the molecule is COC[C@@H]1C[C@H](N(C)C(C)C)CC[C@@H]1NN(CC=O)C(=O)OC(C)(C)C. The maximum atomic E-state index is 12.4. The van der Waals surface area contributed by atoms with Crippen molar-refractivity contribution in [2.45, 2.75) is 77.6 Å². The van der Waals surface area contributed by atoms with Crippen LogP contribution in [0.5, 0.6) is 0 Å². The summed E-state index contributed by atoms with van der Waals surface area (Å²) < 4.78 is 10.8. The van der Waals surface area contributed by atoms with Gasteiger partial charge in [0, 0.05) is 31.2 Å². The van der Waals surface area contributed by atoms with E-state index in [1.54, 1.807) is 7.11 Å². The van der Waals surface area contributed by atoms with Crippen molar-refractivity contribution in [1.29, 1.82) is 0 Å². The van der Waals surface area contributed by atoms with Crippen LogP contribution in [0.15, 0.2) is 0 Å². The van der Waals surface area contributed by atoms with E-state index in [0.717, 1.165) is 19.3 Å². The minimum Gasteiger partial charge on any atom is -0.443 e. The Kier molecular flexibility index (Phi) is 9.00. The highest BCUT2D eigenvalue weighted by Gasteiger charge is 2.35. The first-order valence-corrected chi connectivity index (χ1v) is 9.50. The number of nitrogens with zero attached hydrogens (tertiary/aromatic N) is 2. The van der Waals surface area contributed by atoms with Crippen molar-refractivity contribution in [1.82, 2.24) is 15.3 Å². The Morgan fingerprint density at radius 2 is 1.96 bits per heavy atom. The van der Waals surface area contributed by atoms with E-state index in [1.165, 1.54) is 5.01 Å². The lowest BCUT2D eigenvalue weighted by Crippen LogP contribution is -2.56. The van der Waals surface area contributed by atoms with Gasteiger partial charge >= 0.3 is 6.09 Å². The lowest BCUT2D eigenvalue weighted by molar-refractivity contribution is -0.110. The second kappa shape index (κ2) is 10.2. The molecule has 0 aromatic heterocycles. The molecule has 0 unspecified atom stereocenters. The average molecular weight is 372 g/mol. The minimum absolute atomic E-state index is 0.0412. The summed E-state index contributed by atoms with van der Waals surface area (Å²) in [4.78, 5) is 25.8. The summed E-state index contributed by atoms with van der Waals surface area (Å²) in [5.41, 5.74) is 2.62. The van der Waals surface area contributed by atoms with Gasteiger partial charge in [0.2, 0.25) is 0 Å². The summed E-state index contributed by atoms with van der Waals surface area (Å²) >= 11 is 0. The van der Waals surface area contributed by atoms with Gasteiger partial charge in [-0.05, 0) is 60.9 Å². The predicted octanol–water partition coefficient (Wildman–Crippen LogP) is 2.45. The number of hydrazine groups is 1. The Morgan fingerprint density at radius 1 is 1.31 bits per heavy atom. The van der Waals surface area contributed by atoms with Gasteiger partial charge < -0.3 is 19.2 Å². The molecule has 0 heterocycles. The molecule has 1 amide bonds. The Balaban J connectivity index is 2.80. The fourth-order valence-corrected chi connectivity index (χ4v) is 3.37. The molecule has 0 aliphatic heterocycles. The van der Waals surface area contributed by atoms with Gasteiger partial charge in [-0.3, -0.25) is 0 Å². The van der Waals surface area contributed by atoms with Crippen molar-refractivity contribution in [3.8, 4) is 0 Å². The quantitative estimate of drug-likeness (QED) is 0.522. The molecule has 7 nitrogen and oxygen atoms in total. The van der Waals surface area contributed by atoms with Crippen LogP contribution < -0.4 is 5.43 Å². The zero-order chi connectivity index (χ0) is 19.9. The third-order valence-electron chi connectivity index (χ3n) is 4.92. The van der Waals surface area contributed by atoms with Crippen LogP contribution in [-0.2, 0) is 14.3 Å². The van der Waals surface area contributed by atoms with E-state index in [2.05, 4.69) is 31.2 Å². The van der Waals surface area contributed by atoms with Gasteiger partial charge in [0.1, 0.15) is 11.9 Å². The molecule has 1 rings (SSSR count). The monoisotopic (exact) mass is 371 g/mol. The molecule has 0 aromatic rings. The average Bonchev–Trinajstić information content (AvgIpc) is 2.53. The van der Waals surface area contributed by atoms with Gasteiger partial charge in [-0.15, -0.1) is 0 Å². The highest BCUT2D eigenvalue weighted by molar-refractivity contribution is 5.71. The number of carbonyl (C=O) groups excluding carboxylic acids is 2. The molecule has 3 atom stereocenters. The molecule has 0 bridgehead atoms. The summed E-state index contributed by atoms with van der Waals surface area (Å²) in [5, 5.41) is 1.29. The number of nitrogens with one attached hydrogen (secondary N) is 1. The normalized spacial score (nSPS) is 24.0. The van der Waals surface area contributed by atoms with Crippen LogP contribution in [-0.4, -0.2) is 73.3 Å². The van der Waals surface area contributed by atoms with Crippen molar-refractivity contribution in [3.63, 3.8) is 0 Å². The molecule has 26 heavy (non-hydrogen) atoms. The minimum atomic E-state index is -0.608. The summed E-state index contributed by atoms with van der Waals surface area (Å²) in [5.74, 6) is 0.261. The van der Waals surface area contributed by atoms with Gasteiger partial charge in [-0.2, -0.15) is 0 Å². The van der Waals surface area contributed by atoms with E-state index in [-0.39, 0.29) is 18.5 Å². The molecule has 1 aliphatic carbocycles. The lowest BCUT2D eigenvalue weighted by atomic mass is 9.81. The molecule has 1 fully saturated rings. The molecular weight excluding hydrogens is 334 g/mol. The standard InChI is InChI=1S/C19H37N3O4/c1-14(2)21(6)16-8-9-17(15(12-16)13-25-7)20-22(10-11-23)18(24)26-19(3,4)5/h11,14-17,20H,8-10,12-13H2,1-7H3/t15-,16+,17-/m0/s1. The molecule has 0 saturated heterocycles. The van der Waals surface area contributed by atoms with Gasteiger partial charge in [-0.25, -0.2) is 15.2 Å². The van der Waals surface area contributed by atoms with Crippen LogP contribution in [0.25, 0.3) is 0 Å². The number of hydrogen-bond acceptors (Lipinski definition) is 6. The molecule has 1 N–H and O–H groups in total. The number of methoxy groups -OCH3 is 1. The van der Waals surface area contributed by atoms with Crippen LogP contribution in [0.4, 0.5) is 4.79 Å². The van der Waals surface area contributed by atoms with E-state index in [9.17, 15) is 9.59 Å². The van der Waals surface area contributed by atoms with E-state index in [0.29, 0.717) is 25.0 Å². The smallest absolute Gasteiger partial charge is 0.425 e. The van der Waals surface area contributed by atoms with E-state index in [4.69, 9.17) is 9.47 Å². The highest BCUT2D eigenvalue weighted by atomic mass is 16.6. The predicted molar refractivity (Wildman–Crippen MR) is 102 cm³/mol. The van der Waals surface area contributed by atoms with Crippen LogP contribution in [0.1, 0.15) is 53.9 Å². The molecule has 0 spiro atoms. The van der Waals surface area contributed by atoms with Crippen LogP contribution in [0, 0.1) is 5.92 Å². The van der Waals surface area contributed by atoms with Crippen LogP contribution in [0.2, 0.25) is 0 Å². The summed E-state index contributed by atoms with van der Waals surface area (Å²) in [6, 6.07) is 1.05. The van der Waals surface area contributed by atoms with Crippen LogP contribution in [0.3, 0.4) is 0 Å². The summed E-state index contributed by atoms with van der Waals surface area (Å²) in [6.07, 6.45) is 3.12. The summed E-state index contributed by atoms with van der Waals surface area (Å²) in [6.45, 7) is 10.4. The molecule has 152 valence electrons. The molecular formula is C19H37N3O4. The fraction of sp³-hybridized carbons (Fsp3) is 0.895. The van der Waals surface area contributed by atoms with Crippen molar-refractivity contribution in [2.75, 3.05) is 27.3 Å². The van der Waals surface area contributed by atoms with Gasteiger partial charge in [-0.1, -0.05) is 0 Å². The largest absolute Gasteiger partial charge is 0.443 e.